The minimum absolute atomic E-state index is 0.112. The molecule has 0 radical (unpaired) electrons. The van der Waals surface area contributed by atoms with Gasteiger partial charge in [0, 0.05) is 11.3 Å². The fourth-order valence-corrected chi connectivity index (χ4v) is 3.96. The van der Waals surface area contributed by atoms with E-state index in [0.717, 1.165) is 31.1 Å². The van der Waals surface area contributed by atoms with Gasteiger partial charge in [-0.15, -0.1) is 0 Å². The van der Waals surface area contributed by atoms with Gasteiger partial charge in [-0.2, -0.15) is 0 Å². The largest absolute Gasteiger partial charge is 0.324 e. The molecule has 3 rings (SSSR count). The highest BCUT2D eigenvalue weighted by atomic mass is 35.5. The van der Waals surface area contributed by atoms with Crippen LogP contribution in [0.15, 0.2) is 47.4 Å². The van der Waals surface area contributed by atoms with Crippen molar-refractivity contribution >= 4 is 44.6 Å². The quantitative estimate of drug-likeness (QED) is 0.827. The van der Waals surface area contributed by atoms with Crippen molar-refractivity contribution < 1.29 is 13.2 Å². The van der Waals surface area contributed by atoms with Crippen LogP contribution in [0.25, 0.3) is 0 Å². The van der Waals surface area contributed by atoms with E-state index < -0.39 is 15.3 Å². The van der Waals surface area contributed by atoms with Gasteiger partial charge in [-0.1, -0.05) is 41.8 Å². The Hall–Kier alpha value is -1.56. The predicted molar refractivity (Wildman–Crippen MR) is 100 cm³/mol. The lowest BCUT2D eigenvalue weighted by molar-refractivity contribution is -0.124. The molecular weight excluding hydrogens is 381 g/mol. The molecule has 132 valence electrons. The molecule has 0 spiro atoms. The number of amides is 1. The van der Waals surface area contributed by atoms with Crippen LogP contribution in [0.5, 0.6) is 0 Å². The third-order valence-corrected chi connectivity index (χ3v) is 6.34. The lowest BCUT2D eigenvalue weighted by atomic mass is 9.64. The monoisotopic (exact) mass is 397 g/mol. The lowest BCUT2D eigenvalue weighted by Gasteiger charge is -2.40. The molecule has 2 aromatic carbocycles. The van der Waals surface area contributed by atoms with E-state index in [1.807, 2.05) is 12.1 Å². The van der Waals surface area contributed by atoms with Crippen LogP contribution in [-0.2, 0) is 20.0 Å². The summed E-state index contributed by atoms with van der Waals surface area (Å²) in [6, 6.07) is 11.5. The normalized spacial score (nSPS) is 16.1. The molecule has 25 heavy (non-hydrogen) atoms. The number of carbonyl (C=O) groups is 1. The van der Waals surface area contributed by atoms with Crippen molar-refractivity contribution in [3.8, 4) is 0 Å². The molecule has 1 aliphatic rings. The van der Waals surface area contributed by atoms with Gasteiger partial charge in [-0.05, 0) is 48.7 Å². The van der Waals surface area contributed by atoms with Crippen LogP contribution in [0.2, 0.25) is 10.0 Å². The first-order chi connectivity index (χ1) is 11.7. The van der Waals surface area contributed by atoms with Gasteiger partial charge < -0.3 is 5.32 Å². The molecule has 1 saturated carbocycles. The zero-order valence-corrected chi connectivity index (χ0v) is 15.9. The van der Waals surface area contributed by atoms with Gasteiger partial charge in [-0.3, -0.25) is 4.79 Å². The maximum Gasteiger partial charge on any atom is 0.235 e. The van der Waals surface area contributed by atoms with Crippen LogP contribution < -0.4 is 5.32 Å². The Balaban J connectivity index is 1.92. The number of carbonyl (C=O) groups excluding carboxylic acids is 1. The molecule has 0 bridgehead atoms. The molecule has 0 unspecified atom stereocenters. The molecule has 0 aliphatic heterocycles. The highest BCUT2D eigenvalue weighted by Crippen LogP contribution is 2.45. The van der Waals surface area contributed by atoms with Crippen molar-refractivity contribution in [1.29, 1.82) is 0 Å². The highest BCUT2D eigenvalue weighted by Gasteiger charge is 2.45. The van der Waals surface area contributed by atoms with Crippen LogP contribution in [0, 0.1) is 0 Å². The van der Waals surface area contributed by atoms with Crippen molar-refractivity contribution in [2.75, 3.05) is 11.6 Å². The van der Waals surface area contributed by atoms with Gasteiger partial charge in [-0.25, -0.2) is 8.42 Å². The van der Waals surface area contributed by atoms with E-state index in [1.54, 1.807) is 12.1 Å². The van der Waals surface area contributed by atoms with Gasteiger partial charge in [0.2, 0.25) is 5.91 Å². The standard InChI is InChI=1S/C18H17Cl2NO3S/c1-25(23,24)14-7-8-15(20)16(11-14)21-17(22)18(9-2-10-18)12-3-5-13(19)6-4-12/h3-8,11H,2,9-10H2,1H3,(H,21,22). The van der Waals surface area contributed by atoms with Crippen LogP contribution in [0.1, 0.15) is 24.8 Å². The second kappa shape index (κ2) is 6.63. The second-order valence-corrected chi connectivity index (χ2v) is 9.17. The van der Waals surface area contributed by atoms with Crippen LogP contribution in [0.4, 0.5) is 5.69 Å². The molecule has 1 fully saturated rings. The lowest BCUT2D eigenvalue weighted by Crippen LogP contribution is -2.46. The number of sulfone groups is 1. The van der Waals surface area contributed by atoms with Crippen molar-refractivity contribution in [1.82, 2.24) is 0 Å². The average Bonchev–Trinajstić information content (AvgIpc) is 2.49. The Morgan fingerprint density at radius 2 is 1.72 bits per heavy atom. The van der Waals surface area contributed by atoms with Gasteiger partial charge in [0.1, 0.15) is 0 Å². The first-order valence-electron chi connectivity index (χ1n) is 7.79. The van der Waals surface area contributed by atoms with Gasteiger partial charge in [0.25, 0.3) is 0 Å². The summed E-state index contributed by atoms with van der Waals surface area (Å²) in [7, 11) is -3.39. The topological polar surface area (TPSA) is 63.2 Å². The predicted octanol–water partition coefficient (Wildman–Crippen LogP) is 4.46. The second-order valence-electron chi connectivity index (χ2n) is 6.31. The maximum absolute atomic E-state index is 13.0. The van der Waals surface area contributed by atoms with E-state index in [2.05, 4.69) is 5.32 Å². The molecule has 1 amide bonds. The van der Waals surface area contributed by atoms with Crippen molar-refractivity contribution in [3.05, 3.63) is 58.1 Å². The van der Waals surface area contributed by atoms with E-state index in [1.165, 1.54) is 18.2 Å². The summed E-state index contributed by atoms with van der Waals surface area (Å²) in [6.45, 7) is 0. The Bertz CT molecular complexity index is 920. The van der Waals surface area contributed by atoms with Gasteiger partial charge in [0.05, 0.1) is 21.0 Å². The summed E-state index contributed by atoms with van der Waals surface area (Å²) in [5.41, 5.74) is 0.570. The Morgan fingerprint density at radius 1 is 1.08 bits per heavy atom. The Kier molecular flexibility index (Phi) is 4.84. The molecule has 0 aromatic heterocycles. The van der Waals surface area contributed by atoms with E-state index in [-0.39, 0.29) is 10.8 Å². The van der Waals surface area contributed by atoms with Crippen LogP contribution in [0.3, 0.4) is 0 Å². The first kappa shape index (κ1) is 18.2. The number of halogens is 2. The molecule has 0 heterocycles. The van der Waals surface area contributed by atoms with Gasteiger partial charge in [0.15, 0.2) is 9.84 Å². The first-order valence-corrected chi connectivity index (χ1v) is 10.4. The Morgan fingerprint density at radius 3 is 2.24 bits per heavy atom. The Labute approximate surface area is 157 Å². The van der Waals surface area contributed by atoms with Crippen LogP contribution >= 0.6 is 23.2 Å². The van der Waals surface area contributed by atoms with E-state index in [0.29, 0.717) is 15.7 Å². The average molecular weight is 398 g/mol. The fourth-order valence-electron chi connectivity index (χ4n) is 3.02. The molecule has 4 nitrogen and oxygen atoms in total. The van der Waals surface area contributed by atoms with E-state index >= 15 is 0 Å². The molecule has 0 saturated heterocycles. The summed E-state index contributed by atoms with van der Waals surface area (Å²) in [4.78, 5) is 13.1. The van der Waals surface area contributed by atoms with E-state index in [4.69, 9.17) is 23.2 Å². The highest BCUT2D eigenvalue weighted by molar-refractivity contribution is 7.90. The zero-order chi connectivity index (χ0) is 18.2. The number of hydrogen-bond donors (Lipinski definition) is 1. The van der Waals surface area contributed by atoms with E-state index in [9.17, 15) is 13.2 Å². The molecular formula is C18H17Cl2NO3S. The number of benzene rings is 2. The third-order valence-electron chi connectivity index (χ3n) is 4.65. The number of rotatable bonds is 4. The number of nitrogens with one attached hydrogen (secondary N) is 1. The molecule has 1 N–H and O–H groups in total. The number of anilines is 1. The smallest absolute Gasteiger partial charge is 0.235 e. The number of hydrogen-bond acceptors (Lipinski definition) is 3. The SMILES string of the molecule is CS(=O)(=O)c1ccc(Cl)c(NC(=O)C2(c3ccc(Cl)cc3)CCC2)c1. The van der Waals surface area contributed by atoms with Crippen molar-refractivity contribution in [2.24, 2.45) is 0 Å². The molecule has 7 heteroatoms. The summed E-state index contributed by atoms with van der Waals surface area (Å²) in [5.74, 6) is -0.186. The summed E-state index contributed by atoms with van der Waals surface area (Å²) in [5, 5.41) is 3.72. The molecule has 1 aliphatic carbocycles. The van der Waals surface area contributed by atoms with Gasteiger partial charge >= 0.3 is 0 Å². The summed E-state index contributed by atoms with van der Waals surface area (Å²) in [6.07, 6.45) is 3.52. The van der Waals surface area contributed by atoms with Crippen molar-refractivity contribution in [2.45, 2.75) is 29.6 Å². The van der Waals surface area contributed by atoms with Crippen molar-refractivity contribution in [3.63, 3.8) is 0 Å². The summed E-state index contributed by atoms with van der Waals surface area (Å²) < 4.78 is 23.5. The minimum atomic E-state index is -3.39. The molecule has 0 atom stereocenters. The minimum Gasteiger partial charge on any atom is -0.324 e. The fraction of sp³-hybridized carbons (Fsp3) is 0.278. The van der Waals surface area contributed by atoms with Crippen LogP contribution in [-0.4, -0.2) is 20.6 Å². The molecule has 2 aromatic rings. The zero-order valence-electron chi connectivity index (χ0n) is 13.6. The maximum atomic E-state index is 13.0. The summed E-state index contributed by atoms with van der Waals surface area (Å²) >= 11 is 12.1. The third kappa shape index (κ3) is 3.54.